The summed E-state index contributed by atoms with van der Waals surface area (Å²) >= 11 is 9.51. The quantitative estimate of drug-likeness (QED) is 0.543. The zero-order chi connectivity index (χ0) is 20.4. The van der Waals surface area contributed by atoms with Gasteiger partial charge < -0.3 is 9.47 Å². The lowest BCUT2D eigenvalue weighted by atomic mass is 9.89. The Morgan fingerprint density at radius 2 is 1.96 bits per heavy atom. The summed E-state index contributed by atoms with van der Waals surface area (Å²) in [5.41, 5.74) is -0.541. The lowest BCUT2D eigenvalue weighted by Gasteiger charge is -2.31. The summed E-state index contributed by atoms with van der Waals surface area (Å²) in [6.45, 7) is 6.60. The molecular formula is C19H28BrClN2O4. The first-order chi connectivity index (χ1) is 12.7. The second kappa shape index (κ2) is 11.5. The second-order valence-electron chi connectivity index (χ2n) is 7.38. The monoisotopic (exact) mass is 462 g/mol. The molecule has 2 rings (SSSR count). The number of hydrogen-bond donors (Lipinski definition) is 0. The molecule has 152 valence electrons. The number of methoxy groups -OCH3 is 1. The maximum Gasteiger partial charge on any atom is 0.416 e. The lowest BCUT2D eigenvalue weighted by molar-refractivity contribution is -0.126. The summed E-state index contributed by atoms with van der Waals surface area (Å²) in [6.07, 6.45) is 7.27. The zero-order valence-electron chi connectivity index (χ0n) is 16.3. The molecule has 1 aliphatic rings. The third-order valence-electron chi connectivity index (χ3n) is 3.95. The Morgan fingerprint density at radius 3 is 2.44 bits per heavy atom. The van der Waals surface area contributed by atoms with E-state index >= 15 is 0 Å². The lowest BCUT2D eigenvalue weighted by Crippen LogP contribution is -2.40. The van der Waals surface area contributed by atoms with Gasteiger partial charge in [-0.15, -0.1) is 0 Å². The largest absolute Gasteiger partial charge is 0.471 e. The highest BCUT2D eigenvalue weighted by atomic mass is 79.9. The van der Waals surface area contributed by atoms with Gasteiger partial charge in [0, 0.05) is 18.8 Å². The van der Waals surface area contributed by atoms with E-state index < -0.39 is 5.60 Å². The zero-order valence-corrected chi connectivity index (χ0v) is 18.7. The van der Waals surface area contributed by atoms with Gasteiger partial charge in [0.1, 0.15) is 11.4 Å². The van der Waals surface area contributed by atoms with Crippen molar-refractivity contribution in [3.8, 4) is 0 Å². The highest BCUT2D eigenvalue weighted by Gasteiger charge is 2.27. The standard InChI is InChI=1S/C17H24BrClN2O2.C2H4O2/c1-17(2,3)23-16(22)21(11-12-7-5-4-6-8-12)15-9-14(19)13(18)10-20-15;1-4-2-3/h9-10,12H,4-8,11H2,1-3H3;2H,1H3. The van der Waals surface area contributed by atoms with Crippen molar-refractivity contribution >= 4 is 45.9 Å². The number of pyridine rings is 1. The molecule has 0 N–H and O–H groups in total. The van der Waals surface area contributed by atoms with Crippen molar-refractivity contribution < 1.29 is 19.1 Å². The molecule has 1 aromatic rings. The van der Waals surface area contributed by atoms with Crippen LogP contribution in [-0.4, -0.2) is 36.8 Å². The molecule has 1 amide bonds. The molecule has 1 fully saturated rings. The van der Waals surface area contributed by atoms with Crippen molar-refractivity contribution in [2.24, 2.45) is 5.92 Å². The number of rotatable bonds is 4. The summed E-state index contributed by atoms with van der Waals surface area (Å²) in [7, 11) is 1.31. The fraction of sp³-hybridized carbons (Fsp3) is 0.632. The molecule has 0 saturated heterocycles. The average molecular weight is 464 g/mol. The number of carbonyl (C=O) groups excluding carboxylic acids is 2. The van der Waals surface area contributed by atoms with Crippen LogP contribution in [0.15, 0.2) is 16.7 Å². The molecule has 0 spiro atoms. The first-order valence-electron chi connectivity index (χ1n) is 8.96. The predicted molar refractivity (Wildman–Crippen MR) is 110 cm³/mol. The maximum atomic E-state index is 12.6. The molecule has 1 heterocycles. The van der Waals surface area contributed by atoms with Gasteiger partial charge >= 0.3 is 6.09 Å². The van der Waals surface area contributed by atoms with Crippen LogP contribution in [0.1, 0.15) is 52.9 Å². The molecular weight excluding hydrogens is 436 g/mol. The fourth-order valence-corrected chi connectivity index (χ4v) is 3.12. The van der Waals surface area contributed by atoms with Crippen LogP contribution in [0.5, 0.6) is 0 Å². The molecule has 27 heavy (non-hydrogen) atoms. The van der Waals surface area contributed by atoms with Crippen LogP contribution in [-0.2, 0) is 14.3 Å². The van der Waals surface area contributed by atoms with Crippen molar-refractivity contribution in [3.05, 3.63) is 21.8 Å². The van der Waals surface area contributed by atoms with Crippen LogP contribution in [0.4, 0.5) is 10.6 Å². The van der Waals surface area contributed by atoms with Crippen LogP contribution in [0, 0.1) is 5.92 Å². The van der Waals surface area contributed by atoms with E-state index in [2.05, 4.69) is 25.7 Å². The van der Waals surface area contributed by atoms with Gasteiger partial charge in [-0.2, -0.15) is 0 Å². The summed E-state index contributed by atoms with van der Waals surface area (Å²) in [5, 5.41) is 0.534. The highest BCUT2D eigenvalue weighted by Crippen LogP contribution is 2.30. The van der Waals surface area contributed by atoms with E-state index in [1.165, 1.54) is 26.4 Å². The van der Waals surface area contributed by atoms with Gasteiger partial charge in [0.05, 0.1) is 16.6 Å². The summed E-state index contributed by atoms with van der Waals surface area (Å²) in [6, 6.07) is 1.71. The Labute approximate surface area is 174 Å². The summed E-state index contributed by atoms with van der Waals surface area (Å²) in [4.78, 5) is 27.6. The minimum Gasteiger partial charge on any atom is -0.471 e. The van der Waals surface area contributed by atoms with Gasteiger partial charge in [-0.05, 0) is 55.5 Å². The number of ether oxygens (including phenoxy) is 2. The average Bonchev–Trinajstić information content (AvgIpc) is 2.61. The van der Waals surface area contributed by atoms with Crippen molar-refractivity contribution in [1.29, 1.82) is 0 Å². The molecule has 0 aromatic carbocycles. The van der Waals surface area contributed by atoms with E-state index in [0.29, 0.717) is 34.2 Å². The molecule has 0 radical (unpaired) electrons. The number of carbonyl (C=O) groups is 2. The first kappa shape index (κ1) is 23.7. The van der Waals surface area contributed by atoms with Gasteiger partial charge in [0.15, 0.2) is 0 Å². The van der Waals surface area contributed by atoms with Gasteiger partial charge in [-0.1, -0.05) is 30.9 Å². The molecule has 1 aliphatic carbocycles. The number of aromatic nitrogens is 1. The van der Waals surface area contributed by atoms with E-state index in [1.807, 2.05) is 20.8 Å². The van der Waals surface area contributed by atoms with Crippen LogP contribution in [0.2, 0.25) is 5.02 Å². The van der Waals surface area contributed by atoms with E-state index in [0.717, 1.165) is 12.8 Å². The molecule has 0 atom stereocenters. The van der Waals surface area contributed by atoms with E-state index in [1.54, 1.807) is 17.2 Å². The Hall–Kier alpha value is -1.34. The van der Waals surface area contributed by atoms with E-state index in [9.17, 15) is 4.79 Å². The van der Waals surface area contributed by atoms with Gasteiger partial charge in [0.2, 0.25) is 0 Å². The van der Waals surface area contributed by atoms with Crippen LogP contribution in [0.3, 0.4) is 0 Å². The van der Waals surface area contributed by atoms with Crippen molar-refractivity contribution in [1.82, 2.24) is 4.98 Å². The maximum absolute atomic E-state index is 12.6. The number of anilines is 1. The molecule has 1 aromatic heterocycles. The normalized spacial score (nSPS) is 14.6. The second-order valence-corrected chi connectivity index (χ2v) is 8.65. The van der Waals surface area contributed by atoms with Crippen LogP contribution < -0.4 is 4.90 Å². The van der Waals surface area contributed by atoms with E-state index in [-0.39, 0.29) is 6.09 Å². The molecule has 0 unspecified atom stereocenters. The Morgan fingerprint density at radius 1 is 1.37 bits per heavy atom. The highest BCUT2D eigenvalue weighted by molar-refractivity contribution is 9.10. The minimum absolute atomic E-state index is 0.367. The Bertz CT molecular complexity index is 616. The molecule has 0 aliphatic heterocycles. The minimum atomic E-state index is -0.541. The topological polar surface area (TPSA) is 68.7 Å². The number of nitrogens with zero attached hydrogens (tertiary/aromatic N) is 2. The molecule has 0 bridgehead atoms. The van der Waals surface area contributed by atoms with Crippen LogP contribution in [0.25, 0.3) is 0 Å². The number of amides is 1. The molecule has 8 heteroatoms. The van der Waals surface area contributed by atoms with Crippen molar-refractivity contribution in [2.45, 2.75) is 58.5 Å². The van der Waals surface area contributed by atoms with E-state index in [4.69, 9.17) is 21.1 Å². The predicted octanol–water partition coefficient (Wildman–Crippen LogP) is 5.61. The van der Waals surface area contributed by atoms with Crippen molar-refractivity contribution in [2.75, 3.05) is 18.6 Å². The summed E-state index contributed by atoms with van der Waals surface area (Å²) < 4.78 is 10.1. The molecule has 1 saturated carbocycles. The van der Waals surface area contributed by atoms with Gasteiger partial charge in [-0.3, -0.25) is 9.69 Å². The fourth-order valence-electron chi connectivity index (χ4n) is 2.76. The Kier molecular flexibility index (Phi) is 10.1. The van der Waals surface area contributed by atoms with Gasteiger partial charge in [-0.25, -0.2) is 9.78 Å². The number of halogens is 2. The molecule has 6 nitrogen and oxygen atoms in total. The van der Waals surface area contributed by atoms with Crippen LogP contribution >= 0.6 is 27.5 Å². The third kappa shape index (κ3) is 8.93. The number of hydrogen-bond acceptors (Lipinski definition) is 5. The first-order valence-corrected chi connectivity index (χ1v) is 10.1. The smallest absolute Gasteiger partial charge is 0.416 e. The van der Waals surface area contributed by atoms with Crippen molar-refractivity contribution in [3.63, 3.8) is 0 Å². The Balaban J connectivity index is 0.000000828. The SMILES string of the molecule is CC(C)(C)OC(=O)N(CC1CCCCC1)c1cc(Cl)c(Br)cn1.COC=O. The van der Waals surface area contributed by atoms with Gasteiger partial charge in [0.25, 0.3) is 6.47 Å². The summed E-state index contributed by atoms with van der Waals surface area (Å²) in [5.74, 6) is 1.03. The third-order valence-corrected chi connectivity index (χ3v) is 5.12.